The van der Waals surface area contributed by atoms with Crippen LogP contribution in [0.4, 0.5) is 0 Å². The van der Waals surface area contributed by atoms with Crippen molar-refractivity contribution in [2.24, 2.45) is 5.92 Å². The molecule has 0 N–H and O–H groups in total. The molecule has 0 saturated carbocycles. The van der Waals surface area contributed by atoms with Crippen molar-refractivity contribution in [2.45, 2.75) is 20.8 Å². The first-order valence-electron chi connectivity index (χ1n) is 5.98. The highest BCUT2D eigenvalue weighted by Gasteiger charge is 2.09. The van der Waals surface area contributed by atoms with Crippen LogP contribution in [0, 0.1) is 5.92 Å². The van der Waals surface area contributed by atoms with E-state index in [4.69, 9.17) is 4.74 Å². The number of nitrogens with zero attached hydrogens (tertiary/aromatic N) is 1. The summed E-state index contributed by atoms with van der Waals surface area (Å²) in [6.45, 7) is 14.1. The van der Waals surface area contributed by atoms with Crippen LogP contribution in [0.5, 0.6) is 0 Å². The molecule has 90 valence electrons. The molecule has 0 spiro atoms. The fraction of sp³-hybridized carbons (Fsp3) is 0.571. The van der Waals surface area contributed by atoms with E-state index < -0.39 is 0 Å². The smallest absolute Gasteiger partial charge is 0.0642 e. The molecule has 0 aromatic heterocycles. The fourth-order valence-electron chi connectivity index (χ4n) is 1.73. The number of hydrogen-bond acceptors (Lipinski definition) is 2. The molecule has 1 saturated heterocycles. The number of hydrogen-bond donors (Lipinski definition) is 0. The fourth-order valence-corrected chi connectivity index (χ4v) is 1.73. The second kappa shape index (κ2) is 6.54. The summed E-state index contributed by atoms with van der Waals surface area (Å²) in [5, 5.41) is 0. The third-order valence-electron chi connectivity index (χ3n) is 2.93. The van der Waals surface area contributed by atoms with Gasteiger partial charge in [0.2, 0.25) is 0 Å². The first-order chi connectivity index (χ1) is 7.65. The van der Waals surface area contributed by atoms with Crippen molar-refractivity contribution in [3.05, 3.63) is 36.1 Å². The van der Waals surface area contributed by atoms with Crippen molar-refractivity contribution in [3.8, 4) is 0 Å². The van der Waals surface area contributed by atoms with E-state index in [-0.39, 0.29) is 0 Å². The van der Waals surface area contributed by atoms with Gasteiger partial charge in [-0.05, 0) is 24.5 Å². The Balaban J connectivity index is 2.63. The van der Waals surface area contributed by atoms with Crippen LogP contribution in [0.2, 0.25) is 0 Å². The second-order valence-corrected chi connectivity index (χ2v) is 4.43. The summed E-state index contributed by atoms with van der Waals surface area (Å²) in [5.41, 5.74) is 2.59. The maximum absolute atomic E-state index is 5.33. The summed E-state index contributed by atoms with van der Waals surface area (Å²) in [6, 6.07) is 0. The lowest BCUT2D eigenvalue weighted by Crippen LogP contribution is -2.34. The van der Waals surface area contributed by atoms with Crippen LogP contribution in [0.25, 0.3) is 0 Å². The minimum atomic E-state index is 0.534. The van der Waals surface area contributed by atoms with Crippen molar-refractivity contribution in [3.63, 3.8) is 0 Å². The minimum Gasteiger partial charge on any atom is -0.378 e. The highest BCUT2D eigenvalue weighted by atomic mass is 16.5. The van der Waals surface area contributed by atoms with Gasteiger partial charge in [-0.2, -0.15) is 0 Å². The molecule has 0 radical (unpaired) electrons. The summed E-state index contributed by atoms with van der Waals surface area (Å²) in [7, 11) is 0. The topological polar surface area (TPSA) is 12.5 Å². The van der Waals surface area contributed by atoms with Gasteiger partial charge in [0, 0.05) is 18.8 Å². The van der Waals surface area contributed by atoms with E-state index in [0.717, 1.165) is 26.3 Å². The number of morpholine rings is 1. The molecule has 1 rings (SSSR count). The highest BCUT2D eigenvalue weighted by Crippen LogP contribution is 2.12. The standard InChI is InChI=1S/C14H23NO/c1-5-14(12(2)3)7-6-13(4)15-8-10-16-11-9-15/h5-7,12H,1,8-11H2,2-4H3/b13-6+,14-7+. The van der Waals surface area contributed by atoms with Crippen LogP contribution in [0.15, 0.2) is 36.1 Å². The Labute approximate surface area is 99.3 Å². The molecular formula is C14H23NO. The number of ether oxygens (including phenoxy) is 1. The van der Waals surface area contributed by atoms with E-state index in [1.165, 1.54) is 11.3 Å². The van der Waals surface area contributed by atoms with E-state index in [1.807, 2.05) is 6.08 Å². The molecule has 0 bridgehead atoms. The quantitative estimate of drug-likeness (QED) is 0.677. The molecule has 16 heavy (non-hydrogen) atoms. The predicted molar refractivity (Wildman–Crippen MR) is 69.3 cm³/mol. The molecule has 1 aliphatic heterocycles. The summed E-state index contributed by atoms with van der Waals surface area (Å²) >= 11 is 0. The van der Waals surface area contributed by atoms with Gasteiger partial charge in [-0.15, -0.1) is 0 Å². The largest absolute Gasteiger partial charge is 0.378 e. The lowest BCUT2D eigenvalue weighted by atomic mass is 10.0. The van der Waals surface area contributed by atoms with Crippen LogP contribution in [0.3, 0.4) is 0 Å². The normalized spacial score (nSPS) is 19.1. The van der Waals surface area contributed by atoms with Crippen molar-refractivity contribution in [2.75, 3.05) is 26.3 Å². The molecule has 1 heterocycles. The van der Waals surface area contributed by atoms with Gasteiger partial charge in [0.05, 0.1) is 13.2 Å². The van der Waals surface area contributed by atoms with Gasteiger partial charge >= 0.3 is 0 Å². The predicted octanol–water partition coefficient (Wildman–Crippen LogP) is 2.99. The zero-order valence-electron chi connectivity index (χ0n) is 10.7. The highest BCUT2D eigenvalue weighted by molar-refractivity contribution is 5.25. The Hall–Kier alpha value is -1.02. The zero-order valence-corrected chi connectivity index (χ0v) is 10.7. The average Bonchev–Trinajstić information content (AvgIpc) is 2.30. The van der Waals surface area contributed by atoms with E-state index in [9.17, 15) is 0 Å². The summed E-state index contributed by atoms with van der Waals surface area (Å²) in [5.74, 6) is 0.534. The molecule has 1 fully saturated rings. The lowest BCUT2D eigenvalue weighted by molar-refractivity contribution is 0.0537. The van der Waals surface area contributed by atoms with E-state index in [1.54, 1.807) is 0 Å². The summed E-state index contributed by atoms with van der Waals surface area (Å²) < 4.78 is 5.33. The van der Waals surface area contributed by atoms with Gasteiger partial charge in [-0.1, -0.05) is 32.6 Å². The first-order valence-corrected chi connectivity index (χ1v) is 5.98. The Bertz CT molecular complexity index is 283. The molecule has 2 nitrogen and oxygen atoms in total. The molecule has 1 aliphatic rings. The monoisotopic (exact) mass is 221 g/mol. The molecule has 2 heteroatoms. The van der Waals surface area contributed by atoms with Crippen LogP contribution in [0.1, 0.15) is 20.8 Å². The molecule has 0 aromatic carbocycles. The average molecular weight is 221 g/mol. The Morgan fingerprint density at radius 3 is 2.38 bits per heavy atom. The lowest BCUT2D eigenvalue weighted by Gasteiger charge is -2.29. The van der Waals surface area contributed by atoms with Crippen molar-refractivity contribution >= 4 is 0 Å². The van der Waals surface area contributed by atoms with Crippen LogP contribution in [-0.2, 0) is 4.74 Å². The van der Waals surface area contributed by atoms with Gasteiger partial charge in [0.1, 0.15) is 0 Å². The zero-order chi connectivity index (χ0) is 12.0. The Morgan fingerprint density at radius 2 is 1.88 bits per heavy atom. The van der Waals surface area contributed by atoms with Gasteiger partial charge in [0.25, 0.3) is 0 Å². The van der Waals surface area contributed by atoms with Crippen molar-refractivity contribution < 1.29 is 4.74 Å². The third kappa shape index (κ3) is 3.86. The van der Waals surface area contributed by atoms with Gasteiger partial charge in [0.15, 0.2) is 0 Å². The number of rotatable bonds is 4. The van der Waals surface area contributed by atoms with Crippen molar-refractivity contribution in [1.29, 1.82) is 0 Å². The second-order valence-electron chi connectivity index (χ2n) is 4.43. The van der Waals surface area contributed by atoms with Gasteiger partial charge < -0.3 is 9.64 Å². The molecule has 0 atom stereocenters. The first kappa shape index (κ1) is 13.0. The maximum atomic E-state index is 5.33. The van der Waals surface area contributed by atoms with E-state index >= 15 is 0 Å². The SMILES string of the molecule is C=C/C(=C\C=C(/C)N1CCOCC1)C(C)C. The Morgan fingerprint density at radius 1 is 1.25 bits per heavy atom. The van der Waals surface area contributed by atoms with Gasteiger partial charge in [-0.3, -0.25) is 0 Å². The molecule has 0 aliphatic carbocycles. The third-order valence-corrected chi connectivity index (χ3v) is 2.93. The summed E-state index contributed by atoms with van der Waals surface area (Å²) in [4.78, 5) is 2.36. The molecule has 0 unspecified atom stereocenters. The summed E-state index contributed by atoms with van der Waals surface area (Å²) in [6.07, 6.45) is 6.29. The number of allylic oxidation sites excluding steroid dienone is 5. The minimum absolute atomic E-state index is 0.534. The molecular weight excluding hydrogens is 198 g/mol. The Kier molecular flexibility index (Phi) is 5.33. The van der Waals surface area contributed by atoms with Crippen molar-refractivity contribution in [1.82, 2.24) is 4.90 Å². The van der Waals surface area contributed by atoms with Crippen LogP contribution >= 0.6 is 0 Å². The maximum Gasteiger partial charge on any atom is 0.0642 e. The van der Waals surface area contributed by atoms with Crippen LogP contribution in [-0.4, -0.2) is 31.2 Å². The van der Waals surface area contributed by atoms with Gasteiger partial charge in [-0.25, -0.2) is 0 Å². The van der Waals surface area contributed by atoms with E-state index in [2.05, 4.69) is 44.4 Å². The van der Waals surface area contributed by atoms with E-state index in [0.29, 0.717) is 5.92 Å². The van der Waals surface area contributed by atoms with Crippen LogP contribution < -0.4 is 0 Å². The molecule has 0 aromatic rings. The molecule has 0 amide bonds.